The lowest BCUT2D eigenvalue weighted by molar-refractivity contribution is 0.0619. The summed E-state index contributed by atoms with van der Waals surface area (Å²) in [5.41, 5.74) is 1.92. The van der Waals surface area contributed by atoms with Gasteiger partial charge in [-0.05, 0) is 80.8 Å². The number of rotatable bonds is 4. The molecule has 0 spiro atoms. The number of carbonyl (C=O) groups excluding carboxylic acids is 1. The van der Waals surface area contributed by atoms with Crippen molar-refractivity contribution in [2.75, 3.05) is 37.6 Å². The van der Waals surface area contributed by atoms with Crippen LogP contribution in [0.5, 0.6) is 0 Å². The van der Waals surface area contributed by atoms with Crippen LogP contribution < -0.4 is 10.2 Å². The first-order valence-corrected chi connectivity index (χ1v) is 12.5. The van der Waals surface area contributed by atoms with Crippen LogP contribution in [-0.2, 0) is 0 Å². The Labute approximate surface area is 181 Å². The zero-order valence-corrected chi connectivity index (χ0v) is 18.1. The number of anilines is 1. The second kappa shape index (κ2) is 6.65. The zero-order chi connectivity index (χ0) is 19.8. The second-order valence-corrected chi connectivity index (χ2v) is 10.9. The number of piperidine rings is 3. The van der Waals surface area contributed by atoms with Crippen LogP contribution in [0, 0.1) is 5.92 Å². The second-order valence-electron chi connectivity index (χ2n) is 10.1. The molecule has 1 aromatic heterocycles. The third kappa shape index (κ3) is 2.82. The summed E-state index contributed by atoms with van der Waals surface area (Å²) < 4.78 is 5.70. The molecule has 2 aromatic rings. The molecule has 2 unspecified atom stereocenters. The summed E-state index contributed by atoms with van der Waals surface area (Å²) in [5.74, 6) is 0.643. The first-order chi connectivity index (χ1) is 14.7. The van der Waals surface area contributed by atoms with E-state index >= 15 is 0 Å². The average molecular weight is 424 g/mol. The van der Waals surface area contributed by atoms with Crippen molar-refractivity contribution in [1.29, 1.82) is 0 Å². The highest BCUT2D eigenvalue weighted by molar-refractivity contribution is 7.13. The highest BCUT2D eigenvalue weighted by atomic mass is 32.1. The molecule has 6 fully saturated rings. The summed E-state index contributed by atoms with van der Waals surface area (Å²) in [5, 5.41) is 4.31. The Bertz CT molecular complexity index is 995. The molecule has 30 heavy (non-hydrogen) atoms. The Morgan fingerprint density at radius 2 is 1.90 bits per heavy atom. The number of amides is 1. The van der Waals surface area contributed by atoms with Gasteiger partial charge >= 0.3 is 0 Å². The van der Waals surface area contributed by atoms with Gasteiger partial charge in [0.1, 0.15) is 5.69 Å². The van der Waals surface area contributed by atoms with Crippen molar-refractivity contribution in [2.24, 2.45) is 5.92 Å². The molecule has 5 aliphatic heterocycles. The third-order valence-electron chi connectivity index (χ3n) is 8.27. The van der Waals surface area contributed by atoms with Gasteiger partial charge in [0.15, 0.2) is 0 Å². The number of nitrogens with zero attached hydrogens (tertiary/aromatic N) is 4. The molecule has 6 heterocycles. The molecule has 3 atom stereocenters. The SMILES string of the molecule is O=C(N[C@@H]1CN2CCC1CC2)c1nsc2cc(N3CC4CC3CN4C3CC3)ccc12. The van der Waals surface area contributed by atoms with Crippen molar-refractivity contribution in [3.63, 3.8) is 0 Å². The molecule has 6 nitrogen and oxygen atoms in total. The lowest BCUT2D eigenvalue weighted by atomic mass is 9.84. The van der Waals surface area contributed by atoms with Gasteiger partial charge in [-0.2, -0.15) is 4.37 Å². The van der Waals surface area contributed by atoms with Crippen LogP contribution in [-0.4, -0.2) is 77.0 Å². The van der Waals surface area contributed by atoms with Crippen LogP contribution in [0.3, 0.4) is 0 Å². The summed E-state index contributed by atoms with van der Waals surface area (Å²) in [6.07, 6.45) is 6.54. The fraction of sp³-hybridized carbons (Fsp3) is 0.652. The van der Waals surface area contributed by atoms with Crippen LogP contribution in [0.15, 0.2) is 18.2 Å². The van der Waals surface area contributed by atoms with Gasteiger partial charge in [0.05, 0.1) is 4.70 Å². The summed E-state index contributed by atoms with van der Waals surface area (Å²) in [4.78, 5) is 20.8. The summed E-state index contributed by atoms with van der Waals surface area (Å²) in [6, 6.07) is 9.16. The standard InChI is InChI=1S/C23H29N5OS/c29-23(24-20-13-26-7-5-14(20)6-8-26)22-19-4-3-16(10-21(19)30-25-22)28-12-17-9-18(28)11-27(17)15-1-2-15/h3-4,10,14-15,17-18,20H,1-2,5-9,11-13H2,(H,24,29)/t17?,18?,20-/m1/s1. The third-order valence-corrected chi connectivity index (χ3v) is 9.08. The summed E-state index contributed by atoms with van der Waals surface area (Å²) >= 11 is 1.47. The Morgan fingerprint density at radius 1 is 1.03 bits per heavy atom. The molecule has 1 N–H and O–H groups in total. The molecule has 4 bridgehead atoms. The Kier molecular flexibility index (Phi) is 3.97. The molecule has 7 heteroatoms. The maximum Gasteiger partial charge on any atom is 0.271 e. The first-order valence-electron chi connectivity index (χ1n) is 11.7. The highest BCUT2D eigenvalue weighted by Gasteiger charge is 2.48. The number of aromatic nitrogens is 1. The quantitative estimate of drug-likeness (QED) is 0.819. The number of fused-ring (bicyclic) bond motifs is 6. The van der Waals surface area contributed by atoms with Crippen molar-refractivity contribution in [2.45, 2.75) is 56.3 Å². The number of benzene rings is 1. The minimum Gasteiger partial charge on any atom is -0.366 e. The van der Waals surface area contributed by atoms with Gasteiger partial charge in [-0.1, -0.05) is 0 Å². The lowest BCUT2D eigenvalue weighted by Crippen LogP contribution is -2.57. The number of nitrogens with one attached hydrogen (secondary N) is 1. The number of hydrogen-bond acceptors (Lipinski definition) is 6. The summed E-state index contributed by atoms with van der Waals surface area (Å²) in [6.45, 7) is 5.76. The normalized spacial score (nSPS) is 35.5. The largest absolute Gasteiger partial charge is 0.366 e. The van der Waals surface area contributed by atoms with Gasteiger partial charge in [0, 0.05) is 54.9 Å². The Hall–Kier alpha value is -1.70. The van der Waals surface area contributed by atoms with Crippen molar-refractivity contribution in [1.82, 2.24) is 19.5 Å². The van der Waals surface area contributed by atoms with Crippen LogP contribution >= 0.6 is 11.5 Å². The lowest BCUT2D eigenvalue weighted by Gasteiger charge is -2.44. The predicted molar refractivity (Wildman–Crippen MR) is 119 cm³/mol. The molecule has 1 aliphatic carbocycles. The molecular weight excluding hydrogens is 394 g/mol. The van der Waals surface area contributed by atoms with Crippen LogP contribution in [0.1, 0.15) is 42.6 Å². The Morgan fingerprint density at radius 3 is 2.60 bits per heavy atom. The minimum atomic E-state index is 0.00746. The van der Waals surface area contributed by atoms with E-state index in [0.717, 1.165) is 35.3 Å². The molecule has 6 aliphatic rings. The van der Waals surface area contributed by atoms with Gasteiger partial charge in [-0.25, -0.2) is 0 Å². The molecule has 158 valence electrons. The Balaban J connectivity index is 1.09. The minimum absolute atomic E-state index is 0.00746. The zero-order valence-electron chi connectivity index (χ0n) is 17.3. The number of piperazine rings is 1. The van der Waals surface area contributed by atoms with E-state index in [1.165, 1.54) is 69.0 Å². The van der Waals surface area contributed by atoms with Crippen molar-refractivity contribution < 1.29 is 4.79 Å². The fourth-order valence-corrected chi connectivity index (χ4v) is 7.31. The van der Waals surface area contributed by atoms with Gasteiger partial charge in [-0.3, -0.25) is 9.69 Å². The molecular formula is C23H29N5OS. The van der Waals surface area contributed by atoms with E-state index in [-0.39, 0.29) is 11.9 Å². The molecule has 5 saturated heterocycles. The maximum absolute atomic E-state index is 13.0. The van der Waals surface area contributed by atoms with E-state index in [0.29, 0.717) is 17.7 Å². The average Bonchev–Trinajstić information content (AvgIpc) is 3.22. The van der Waals surface area contributed by atoms with Crippen LogP contribution in [0.4, 0.5) is 5.69 Å². The molecule has 8 rings (SSSR count). The maximum atomic E-state index is 13.0. The predicted octanol–water partition coefficient (Wildman–Crippen LogP) is 2.55. The number of hydrogen-bond donors (Lipinski definition) is 1. The van der Waals surface area contributed by atoms with E-state index in [1.807, 2.05) is 0 Å². The molecule has 1 saturated carbocycles. The van der Waals surface area contributed by atoms with Gasteiger partial charge < -0.3 is 15.1 Å². The van der Waals surface area contributed by atoms with Crippen molar-refractivity contribution in [3.05, 3.63) is 23.9 Å². The monoisotopic (exact) mass is 423 g/mol. The molecule has 1 aromatic carbocycles. The van der Waals surface area contributed by atoms with Gasteiger partial charge in [0.2, 0.25) is 0 Å². The van der Waals surface area contributed by atoms with E-state index in [9.17, 15) is 4.79 Å². The van der Waals surface area contributed by atoms with E-state index in [1.54, 1.807) is 0 Å². The molecule has 1 amide bonds. The fourth-order valence-electron chi connectivity index (χ4n) is 6.50. The van der Waals surface area contributed by atoms with Crippen molar-refractivity contribution in [3.8, 4) is 0 Å². The molecule has 0 radical (unpaired) electrons. The highest BCUT2D eigenvalue weighted by Crippen LogP contribution is 2.41. The van der Waals surface area contributed by atoms with Gasteiger partial charge in [-0.15, -0.1) is 0 Å². The van der Waals surface area contributed by atoms with E-state index in [4.69, 9.17) is 0 Å². The smallest absolute Gasteiger partial charge is 0.271 e. The number of likely N-dealkylation sites (tertiary alicyclic amines) is 1. The van der Waals surface area contributed by atoms with Crippen LogP contribution in [0.25, 0.3) is 10.1 Å². The van der Waals surface area contributed by atoms with Crippen molar-refractivity contribution >= 4 is 33.2 Å². The van der Waals surface area contributed by atoms with Gasteiger partial charge in [0.25, 0.3) is 5.91 Å². The van der Waals surface area contributed by atoms with Crippen LogP contribution in [0.2, 0.25) is 0 Å². The topological polar surface area (TPSA) is 51.7 Å². The van der Waals surface area contributed by atoms with E-state index < -0.39 is 0 Å². The first kappa shape index (κ1) is 17.9. The summed E-state index contributed by atoms with van der Waals surface area (Å²) in [7, 11) is 0. The van der Waals surface area contributed by atoms with E-state index in [2.05, 4.69) is 42.6 Å². The number of carbonyl (C=O) groups is 1.